The first-order valence-corrected chi connectivity index (χ1v) is 3.73. The summed E-state index contributed by atoms with van der Waals surface area (Å²) in [6.45, 7) is 3.07. The van der Waals surface area contributed by atoms with E-state index in [1.165, 1.54) is 0 Å². The Balaban J connectivity index is 4.14. The summed E-state index contributed by atoms with van der Waals surface area (Å²) in [5.41, 5.74) is 0. The molecular weight excluding hydrogens is 162 g/mol. The second-order valence-corrected chi connectivity index (χ2v) is 2.91. The highest BCUT2D eigenvalue weighted by Gasteiger charge is 2.12. The van der Waals surface area contributed by atoms with Crippen LogP contribution in [0.15, 0.2) is 12.7 Å². The summed E-state index contributed by atoms with van der Waals surface area (Å²) in [5, 5.41) is 8.08. The molecule has 0 aliphatic rings. The van der Waals surface area contributed by atoms with Crippen molar-refractivity contribution in [2.75, 3.05) is 5.75 Å². The minimum absolute atomic E-state index is 0.562. The van der Waals surface area contributed by atoms with Crippen molar-refractivity contribution in [1.82, 2.24) is 0 Å². The molecule has 10 heavy (non-hydrogen) atoms. The quantitative estimate of drug-likeness (QED) is 0.326. The molecule has 0 saturated carbocycles. The van der Waals surface area contributed by atoms with Gasteiger partial charge >= 0.3 is 15.2 Å². The van der Waals surface area contributed by atoms with E-state index >= 15 is 0 Å². The maximum absolute atomic E-state index is 10.3. The fourth-order valence-corrected chi connectivity index (χ4v) is 0.802. The van der Waals surface area contributed by atoms with E-state index in [-0.39, 0.29) is 0 Å². The molecule has 0 atom stereocenters. The molecule has 0 amide bonds. The van der Waals surface area contributed by atoms with Gasteiger partial charge in [0.1, 0.15) is 0 Å². The molecule has 0 unspecified atom stereocenters. The van der Waals surface area contributed by atoms with Crippen LogP contribution < -0.4 is 0 Å². The third-order valence-corrected chi connectivity index (χ3v) is 1.49. The lowest BCUT2D eigenvalue weighted by Crippen LogP contribution is -2.13. The summed E-state index contributed by atoms with van der Waals surface area (Å²) in [7, 11) is -4.05. The van der Waals surface area contributed by atoms with Crippen molar-refractivity contribution >= 4 is 10.1 Å². The smallest absolute Gasteiger partial charge is 0.201 e. The molecule has 0 aromatic carbocycles. The summed E-state index contributed by atoms with van der Waals surface area (Å²) >= 11 is 0. The van der Waals surface area contributed by atoms with Gasteiger partial charge in [0.05, 0.1) is 5.75 Å². The molecule has 0 aliphatic heterocycles. The zero-order valence-electron chi connectivity index (χ0n) is 4.89. The van der Waals surface area contributed by atoms with Gasteiger partial charge in [-0.15, -0.1) is 16.7 Å². The lowest BCUT2D eigenvalue weighted by Gasteiger charge is -1.93. The van der Waals surface area contributed by atoms with Gasteiger partial charge in [-0.1, -0.05) is 6.08 Å². The molecule has 0 aliphatic carbocycles. The Morgan fingerprint density at radius 1 is 1.70 bits per heavy atom. The minimum atomic E-state index is -4.05. The highest BCUT2D eigenvalue weighted by atomic mass is 32.2. The van der Waals surface area contributed by atoms with Crippen LogP contribution in [0.1, 0.15) is 0 Å². The minimum Gasteiger partial charge on any atom is -0.201 e. The van der Waals surface area contributed by atoms with E-state index in [1.807, 2.05) is 0 Å². The number of hydrogen-bond donors (Lipinski definition) is 0. The molecule has 6 nitrogen and oxygen atoms in total. The highest BCUT2D eigenvalue weighted by molar-refractivity contribution is 7.86. The van der Waals surface area contributed by atoms with E-state index in [1.54, 1.807) is 0 Å². The second-order valence-electron chi connectivity index (χ2n) is 1.31. The molecule has 0 spiro atoms. The van der Waals surface area contributed by atoms with E-state index in [4.69, 9.17) is 0 Å². The molecule has 0 N–H and O–H groups in total. The van der Waals surface area contributed by atoms with Crippen molar-refractivity contribution in [2.45, 2.75) is 0 Å². The average molecular weight is 167 g/mol. The van der Waals surface area contributed by atoms with E-state index in [0.717, 1.165) is 6.08 Å². The van der Waals surface area contributed by atoms with Crippen molar-refractivity contribution in [3.63, 3.8) is 0 Å². The van der Waals surface area contributed by atoms with Gasteiger partial charge in [-0.2, -0.15) is 4.28 Å². The predicted octanol–water partition coefficient (Wildman–Crippen LogP) is -0.289. The first-order chi connectivity index (χ1) is 4.48. The van der Waals surface area contributed by atoms with Crippen molar-refractivity contribution in [2.24, 2.45) is 0 Å². The van der Waals surface area contributed by atoms with Crippen molar-refractivity contribution in [3.05, 3.63) is 22.8 Å². The van der Waals surface area contributed by atoms with E-state index < -0.39 is 21.0 Å². The van der Waals surface area contributed by atoms with Crippen LogP contribution in [0.4, 0.5) is 0 Å². The van der Waals surface area contributed by atoms with Crippen LogP contribution in [-0.2, 0) is 14.4 Å². The van der Waals surface area contributed by atoms with Gasteiger partial charge in [-0.25, -0.2) is 8.42 Å². The topological polar surface area (TPSA) is 86.5 Å². The van der Waals surface area contributed by atoms with Crippen LogP contribution in [0, 0.1) is 10.1 Å². The van der Waals surface area contributed by atoms with Crippen LogP contribution in [0.25, 0.3) is 0 Å². The molecular formula is C3H5NO5S. The van der Waals surface area contributed by atoms with Gasteiger partial charge in [0.15, 0.2) is 0 Å². The summed E-state index contributed by atoms with van der Waals surface area (Å²) in [4.78, 5) is 9.46. The predicted molar refractivity (Wildman–Crippen MR) is 32.1 cm³/mol. The molecule has 0 fully saturated rings. The Hall–Kier alpha value is -1.11. The highest BCUT2D eigenvalue weighted by Crippen LogP contribution is 1.92. The zero-order valence-corrected chi connectivity index (χ0v) is 5.70. The van der Waals surface area contributed by atoms with Crippen LogP contribution >= 0.6 is 0 Å². The summed E-state index contributed by atoms with van der Waals surface area (Å²) in [5.74, 6) is -0.562. The average Bonchev–Trinajstić information content (AvgIpc) is 1.59. The fourth-order valence-electron chi connectivity index (χ4n) is 0.267. The molecule has 0 saturated heterocycles. The summed E-state index contributed by atoms with van der Waals surface area (Å²) < 4.78 is 23.9. The van der Waals surface area contributed by atoms with Gasteiger partial charge in [0, 0.05) is 0 Å². The Labute approximate surface area is 57.3 Å². The van der Waals surface area contributed by atoms with Crippen molar-refractivity contribution in [3.8, 4) is 0 Å². The zero-order chi connectivity index (χ0) is 8.20. The molecule has 0 heterocycles. The third kappa shape index (κ3) is 3.84. The Morgan fingerprint density at radius 2 is 2.20 bits per heavy atom. The summed E-state index contributed by atoms with van der Waals surface area (Å²) in [6, 6.07) is 0. The Kier molecular flexibility index (Phi) is 2.81. The molecule has 0 rings (SSSR count). The molecule has 7 heteroatoms. The first-order valence-electron chi connectivity index (χ1n) is 2.15. The van der Waals surface area contributed by atoms with Crippen LogP contribution in [0.5, 0.6) is 0 Å². The summed E-state index contributed by atoms with van der Waals surface area (Å²) in [6.07, 6.45) is 0.999. The SMILES string of the molecule is C=CCS(=O)(=O)O[N+](=O)[O-]. The Bertz CT molecular complexity index is 229. The third-order valence-electron chi connectivity index (χ3n) is 0.496. The molecule has 0 bridgehead atoms. The Morgan fingerprint density at radius 3 is 2.50 bits per heavy atom. The maximum atomic E-state index is 10.3. The number of rotatable bonds is 4. The maximum Gasteiger partial charge on any atom is 0.310 e. The standard InChI is InChI=1S/C3H5NO5S/c1-2-3-10(7,8)9-4(5)6/h2H,1,3H2. The number of hydrogen-bond acceptors (Lipinski definition) is 5. The van der Waals surface area contributed by atoms with Gasteiger partial charge in [0.2, 0.25) is 0 Å². The van der Waals surface area contributed by atoms with Gasteiger partial charge in [-0.3, -0.25) is 0 Å². The molecule has 0 aromatic heterocycles. The molecule has 0 radical (unpaired) electrons. The first kappa shape index (κ1) is 8.89. The fraction of sp³-hybridized carbons (Fsp3) is 0.333. The van der Waals surface area contributed by atoms with Crippen LogP contribution in [0.3, 0.4) is 0 Å². The molecule has 58 valence electrons. The second kappa shape index (κ2) is 3.16. The monoisotopic (exact) mass is 167 g/mol. The molecule has 0 aromatic rings. The van der Waals surface area contributed by atoms with E-state index in [9.17, 15) is 18.5 Å². The number of nitrogens with zero attached hydrogens (tertiary/aromatic N) is 1. The van der Waals surface area contributed by atoms with Crippen molar-refractivity contribution in [1.29, 1.82) is 0 Å². The lowest BCUT2D eigenvalue weighted by molar-refractivity contribution is -0.711. The normalized spacial score (nSPS) is 10.4. The van der Waals surface area contributed by atoms with Gasteiger partial charge in [0.25, 0.3) is 0 Å². The lowest BCUT2D eigenvalue weighted by atomic mass is 10.8. The largest absolute Gasteiger partial charge is 0.310 e. The van der Waals surface area contributed by atoms with Crippen LogP contribution in [-0.4, -0.2) is 19.3 Å². The van der Waals surface area contributed by atoms with Crippen LogP contribution in [0.2, 0.25) is 0 Å². The van der Waals surface area contributed by atoms with E-state index in [2.05, 4.69) is 10.9 Å². The van der Waals surface area contributed by atoms with Gasteiger partial charge < -0.3 is 0 Å². The van der Waals surface area contributed by atoms with Crippen molar-refractivity contribution < 1.29 is 17.8 Å². The van der Waals surface area contributed by atoms with E-state index in [0.29, 0.717) is 0 Å². The van der Waals surface area contributed by atoms with Gasteiger partial charge in [-0.05, 0) is 0 Å².